The highest BCUT2D eigenvalue weighted by Crippen LogP contribution is 2.25. The molecule has 0 spiro atoms. The van der Waals surface area contributed by atoms with Gasteiger partial charge in [-0.3, -0.25) is 4.79 Å². The molecule has 0 radical (unpaired) electrons. The number of carbonyl (C=O) groups is 1. The molecule has 2 rings (SSSR count). The van der Waals surface area contributed by atoms with Gasteiger partial charge in [-0.15, -0.1) is 0 Å². The van der Waals surface area contributed by atoms with Crippen molar-refractivity contribution in [3.63, 3.8) is 0 Å². The lowest BCUT2D eigenvalue weighted by atomic mass is 9.96. The number of nitrogens with zero attached hydrogens (tertiary/aromatic N) is 1. The summed E-state index contributed by atoms with van der Waals surface area (Å²) in [6, 6.07) is 4.38. The third kappa shape index (κ3) is 1.81. The third-order valence-electron chi connectivity index (χ3n) is 2.63. The lowest BCUT2D eigenvalue weighted by Gasteiger charge is -2.44. The van der Waals surface area contributed by atoms with Gasteiger partial charge in [-0.05, 0) is 25.1 Å². The molecule has 1 aliphatic heterocycles. The Hall–Kier alpha value is -1.75. The highest BCUT2D eigenvalue weighted by atomic mass is 16.3. The van der Waals surface area contributed by atoms with Crippen LogP contribution >= 0.6 is 0 Å². The van der Waals surface area contributed by atoms with E-state index >= 15 is 0 Å². The highest BCUT2D eigenvalue weighted by molar-refractivity contribution is 5.95. The predicted molar refractivity (Wildman–Crippen MR) is 59.0 cm³/mol. The highest BCUT2D eigenvalue weighted by Gasteiger charge is 2.39. The number of hydrogen-bond acceptors (Lipinski definition) is 4. The molecule has 5 heteroatoms. The molecule has 1 aromatic rings. The molecule has 1 heterocycles. The van der Waals surface area contributed by atoms with Gasteiger partial charge in [-0.1, -0.05) is 0 Å². The number of amides is 1. The quantitative estimate of drug-likeness (QED) is 0.467. The fraction of sp³-hybridized carbons (Fsp3) is 0.364. The summed E-state index contributed by atoms with van der Waals surface area (Å²) < 4.78 is 0. The zero-order chi connectivity index (χ0) is 11.9. The largest absolute Gasteiger partial charge is 0.506 e. The lowest BCUT2D eigenvalue weighted by Crippen LogP contribution is -2.61. The number of hydrogen-bond donors (Lipinski definition) is 3. The van der Waals surface area contributed by atoms with Crippen molar-refractivity contribution in [3.05, 3.63) is 23.8 Å². The number of β-amino-alcohol motifs (C(OH)–C–C–N with tert-alkyl or cyclic N) is 1. The predicted octanol–water partition coefficient (Wildman–Crippen LogP) is 0.181. The number of aliphatic hydroxyl groups is 1. The van der Waals surface area contributed by atoms with Gasteiger partial charge in [0.15, 0.2) is 0 Å². The Bertz CT molecular complexity index is 435. The number of benzene rings is 1. The zero-order valence-electron chi connectivity index (χ0n) is 8.97. The molecule has 0 atom stereocenters. The van der Waals surface area contributed by atoms with E-state index in [0.29, 0.717) is 18.7 Å². The van der Waals surface area contributed by atoms with Gasteiger partial charge in [0.1, 0.15) is 5.75 Å². The minimum Gasteiger partial charge on any atom is -0.506 e. The van der Waals surface area contributed by atoms with E-state index < -0.39 is 5.60 Å². The molecule has 0 bridgehead atoms. The van der Waals surface area contributed by atoms with Crippen LogP contribution < -0.4 is 5.73 Å². The molecule has 1 saturated heterocycles. The average Bonchev–Trinajstić information content (AvgIpc) is 2.17. The van der Waals surface area contributed by atoms with Crippen LogP contribution in [0.1, 0.15) is 17.3 Å². The van der Waals surface area contributed by atoms with Gasteiger partial charge in [0, 0.05) is 5.56 Å². The van der Waals surface area contributed by atoms with Crippen LogP contribution in [0.5, 0.6) is 5.75 Å². The summed E-state index contributed by atoms with van der Waals surface area (Å²) in [4.78, 5) is 13.4. The number of phenols is 1. The number of anilines is 1. The molecule has 1 aromatic carbocycles. The first-order chi connectivity index (χ1) is 7.39. The molecule has 16 heavy (non-hydrogen) atoms. The molecule has 86 valence electrons. The summed E-state index contributed by atoms with van der Waals surface area (Å²) in [5.74, 6) is -0.306. The summed E-state index contributed by atoms with van der Waals surface area (Å²) >= 11 is 0. The van der Waals surface area contributed by atoms with E-state index in [1.165, 1.54) is 17.0 Å². The third-order valence-corrected chi connectivity index (χ3v) is 2.63. The van der Waals surface area contributed by atoms with Gasteiger partial charge in [-0.2, -0.15) is 0 Å². The van der Waals surface area contributed by atoms with Crippen molar-refractivity contribution in [2.24, 2.45) is 0 Å². The molecule has 1 aliphatic rings. The van der Waals surface area contributed by atoms with E-state index in [1.807, 2.05) is 0 Å². The van der Waals surface area contributed by atoms with Crippen molar-refractivity contribution in [3.8, 4) is 5.75 Å². The molecule has 4 N–H and O–H groups in total. The summed E-state index contributed by atoms with van der Waals surface area (Å²) in [5.41, 5.74) is 5.27. The van der Waals surface area contributed by atoms with Crippen LogP contribution in [-0.2, 0) is 0 Å². The number of phenolic OH excluding ortho intramolecular Hbond substituents is 1. The normalized spacial score (nSPS) is 18.0. The van der Waals surface area contributed by atoms with E-state index in [2.05, 4.69) is 0 Å². The second-order valence-electron chi connectivity index (χ2n) is 4.43. The Labute approximate surface area is 93.1 Å². The van der Waals surface area contributed by atoms with E-state index in [9.17, 15) is 15.0 Å². The Kier molecular flexibility index (Phi) is 2.27. The summed E-state index contributed by atoms with van der Waals surface area (Å²) in [6.45, 7) is 2.31. The van der Waals surface area contributed by atoms with Crippen LogP contribution in [0.25, 0.3) is 0 Å². The van der Waals surface area contributed by atoms with Gasteiger partial charge in [0.25, 0.3) is 5.91 Å². The van der Waals surface area contributed by atoms with Gasteiger partial charge in [-0.25, -0.2) is 0 Å². The van der Waals surface area contributed by atoms with Crippen molar-refractivity contribution < 1.29 is 15.0 Å². The number of rotatable bonds is 1. The number of nitrogen functional groups attached to an aromatic ring is 1. The van der Waals surface area contributed by atoms with Crippen molar-refractivity contribution >= 4 is 11.6 Å². The van der Waals surface area contributed by atoms with Crippen LogP contribution in [0.15, 0.2) is 18.2 Å². The lowest BCUT2D eigenvalue weighted by molar-refractivity contribution is -0.0668. The zero-order valence-corrected chi connectivity index (χ0v) is 8.97. The van der Waals surface area contributed by atoms with Gasteiger partial charge in [0.2, 0.25) is 0 Å². The fourth-order valence-electron chi connectivity index (χ4n) is 1.78. The van der Waals surface area contributed by atoms with Gasteiger partial charge >= 0.3 is 0 Å². The minimum atomic E-state index is -0.786. The Morgan fingerprint density at radius 2 is 2.12 bits per heavy atom. The smallest absolute Gasteiger partial charge is 0.254 e. The van der Waals surface area contributed by atoms with Crippen molar-refractivity contribution in [2.75, 3.05) is 18.8 Å². The van der Waals surface area contributed by atoms with Crippen LogP contribution in [-0.4, -0.2) is 39.7 Å². The maximum atomic E-state index is 11.8. The molecule has 1 fully saturated rings. The average molecular weight is 222 g/mol. The van der Waals surface area contributed by atoms with Gasteiger partial charge in [0.05, 0.1) is 24.4 Å². The molecule has 0 saturated carbocycles. The van der Waals surface area contributed by atoms with E-state index in [1.54, 1.807) is 13.0 Å². The first kappa shape index (κ1) is 10.8. The van der Waals surface area contributed by atoms with Crippen molar-refractivity contribution in [2.45, 2.75) is 12.5 Å². The fourth-order valence-corrected chi connectivity index (χ4v) is 1.78. The van der Waals surface area contributed by atoms with E-state index in [-0.39, 0.29) is 17.3 Å². The molecular weight excluding hydrogens is 208 g/mol. The summed E-state index contributed by atoms with van der Waals surface area (Å²) in [7, 11) is 0. The molecule has 0 aromatic heterocycles. The number of nitrogens with two attached hydrogens (primary N) is 1. The first-order valence-corrected chi connectivity index (χ1v) is 4.99. The molecule has 1 amide bonds. The Morgan fingerprint density at radius 3 is 2.62 bits per heavy atom. The van der Waals surface area contributed by atoms with Crippen molar-refractivity contribution in [1.82, 2.24) is 4.90 Å². The molecular formula is C11H14N2O3. The second kappa shape index (κ2) is 3.38. The molecule has 0 unspecified atom stereocenters. The Balaban J connectivity index is 2.13. The van der Waals surface area contributed by atoms with Crippen LogP contribution in [0.4, 0.5) is 5.69 Å². The maximum Gasteiger partial charge on any atom is 0.254 e. The topological polar surface area (TPSA) is 86.8 Å². The second-order valence-corrected chi connectivity index (χ2v) is 4.43. The molecule has 0 aliphatic carbocycles. The van der Waals surface area contributed by atoms with Gasteiger partial charge < -0.3 is 20.8 Å². The van der Waals surface area contributed by atoms with E-state index in [4.69, 9.17) is 5.73 Å². The SMILES string of the molecule is CC1(O)CN(C(=O)c2ccc(N)c(O)c2)C1. The number of carbonyl (C=O) groups excluding carboxylic acids is 1. The molecule has 5 nitrogen and oxygen atoms in total. The monoisotopic (exact) mass is 222 g/mol. The number of aromatic hydroxyl groups is 1. The van der Waals surface area contributed by atoms with Crippen LogP contribution in [0.2, 0.25) is 0 Å². The Morgan fingerprint density at radius 1 is 1.50 bits per heavy atom. The van der Waals surface area contributed by atoms with Crippen molar-refractivity contribution in [1.29, 1.82) is 0 Å². The first-order valence-electron chi connectivity index (χ1n) is 4.99. The summed E-state index contributed by atoms with van der Waals surface area (Å²) in [5, 5.41) is 18.9. The minimum absolute atomic E-state index is 0.0990. The summed E-state index contributed by atoms with van der Waals surface area (Å²) in [6.07, 6.45) is 0. The van der Waals surface area contributed by atoms with E-state index in [0.717, 1.165) is 0 Å². The number of likely N-dealkylation sites (tertiary alicyclic amines) is 1. The van der Waals surface area contributed by atoms with Crippen LogP contribution in [0, 0.1) is 0 Å². The maximum absolute atomic E-state index is 11.8. The van der Waals surface area contributed by atoms with Crippen LogP contribution in [0.3, 0.4) is 0 Å². The standard InChI is InChI=1S/C11H14N2O3/c1-11(16)5-13(6-11)10(15)7-2-3-8(12)9(14)4-7/h2-4,14,16H,5-6,12H2,1H3.